The van der Waals surface area contributed by atoms with Crippen molar-refractivity contribution in [1.29, 1.82) is 0 Å². The van der Waals surface area contributed by atoms with Crippen LogP contribution in [0.3, 0.4) is 0 Å². The Bertz CT molecular complexity index is 321. The van der Waals surface area contributed by atoms with Gasteiger partial charge in [-0.2, -0.15) is 5.10 Å². The lowest BCUT2D eigenvalue weighted by atomic mass is 10.3. The Kier molecular flexibility index (Phi) is 4.57. The van der Waals surface area contributed by atoms with E-state index < -0.39 is 0 Å². The van der Waals surface area contributed by atoms with E-state index in [1.165, 1.54) is 0 Å². The molecule has 1 aromatic rings. The van der Waals surface area contributed by atoms with Crippen LogP contribution in [0.5, 0.6) is 0 Å². The molecule has 86 valence electrons. The SMILES string of the molecule is CCc1nn(C)c(CN(C)CCN)c1Cl. The van der Waals surface area contributed by atoms with Crippen LogP contribution in [-0.2, 0) is 20.0 Å². The van der Waals surface area contributed by atoms with Crippen LogP contribution < -0.4 is 5.73 Å². The van der Waals surface area contributed by atoms with E-state index in [9.17, 15) is 0 Å². The Morgan fingerprint density at radius 1 is 1.53 bits per heavy atom. The van der Waals surface area contributed by atoms with Crippen LogP contribution in [0.4, 0.5) is 0 Å². The third kappa shape index (κ3) is 2.93. The molecule has 0 atom stereocenters. The molecule has 0 unspecified atom stereocenters. The second-order valence-corrected chi connectivity index (χ2v) is 4.09. The quantitative estimate of drug-likeness (QED) is 0.822. The number of hydrogen-bond acceptors (Lipinski definition) is 3. The summed E-state index contributed by atoms with van der Waals surface area (Å²) in [6.07, 6.45) is 0.868. The second kappa shape index (κ2) is 5.49. The van der Waals surface area contributed by atoms with Gasteiger partial charge in [-0.05, 0) is 13.5 Å². The Balaban J connectivity index is 2.80. The summed E-state index contributed by atoms with van der Waals surface area (Å²) in [6.45, 7) is 4.37. The fraction of sp³-hybridized carbons (Fsp3) is 0.700. The van der Waals surface area contributed by atoms with E-state index in [4.69, 9.17) is 17.3 Å². The number of aryl methyl sites for hydroxylation is 2. The van der Waals surface area contributed by atoms with Crippen LogP contribution in [0.25, 0.3) is 0 Å². The van der Waals surface area contributed by atoms with Gasteiger partial charge in [0.25, 0.3) is 0 Å². The van der Waals surface area contributed by atoms with Gasteiger partial charge in [0.1, 0.15) is 0 Å². The molecule has 0 radical (unpaired) electrons. The van der Waals surface area contributed by atoms with E-state index >= 15 is 0 Å². The topological polar surface area (TPSA) is 47.1 Å². The van der Waals surface area contributed by atoms with Crippen LogP contribution in [0.2, 0.25) is 5.02 Å². The molecule has 0 fully saturated rings. The van der Waals surface area contributed by atoms with Crippen molar-refractivity contribution in [2.24, 2.45) is 12.8 Å². The highest BCUT2D eigenvalue weighted by Crippen LogP contribution is 2.21. The van der Waals surface area contributed by atoms with E-state index in [2.05, 4.69) is 16.9 Å². The summed E-state index contributed by atoms with van der Waals surface area (Å²) in [4.78, 5) is 2.14. The molecular weight excluding hydrogens is 212 g/mol. The highest BCUT2D eigenvalue weighted by atomic mass is 35.5. The third-order valence-corrected chi connectivity index (χ3v) is 2.87. The van der Waals surface area contributed by atoms with Gasteiger partial charge in [-0.15, -0.1) is 0 Å². The van der Waals surface area contributed by atoms with E-state index in [1.54, 1.807) is 0 Å². The molecule has 2 N–H and O–H groups in total. The number of likely N-dealkylation sites (N-methyl/N-ethyl adjacent to an activating group) is 1. The normalized spacial score (nSPS) is 11.3. The predicted molar refractivity (Wildman–Crippen MR) is 63.0 cm³/mol. The second-order valence-electron chi connectivity index (χ2n) is 3.71. The summed E-state index contributed by atoms with van der Waals surface area (Å²) in [5.74, 6) is 0. The zero-order valence-electron chi connectivity index (χ0n) is 9.63. The minimum atomic E-state index is 0.659. The first kappa shape index (κ1) is 12.5. The van der Waals surface area contributed by atoms with Gasteiger partial charge >= 0.3 is 0 Å². The van der Waals surface area contributed by atoms with Crippen molar-refractivity contribution < 1.29 is 0 Å². The Morgan fingerprint density at radius 3 is 2.67 bits per heavy atom. The van der Waals surface area contributed by atoms with Gasteiger partial charge in [-0.1, -0.05) is 18.5 Å². The molecule has 0 saturated carbocycles. The largest absolute Gasteiger partial charge is 0.329 e. The van der Waals surface area contributed by atoms with Crippen molar-refractivity contribution in [1.82, 2.24) is 14.7 Å². The Hall–Kier alpha value is -0.580. The fourth-order valence-electron chi connectivity index (χ4n) is 1.55. The first-order valence-corrected chi connectivity index (χ1v) is 5.56. The molecule has 0 aliphatic heterocycles. The van der Waals surface area contributed by atoms with Crippen molar-refractivity contribution in [2.45, 2.75) is 19.9 Å². The van der Waals surface area contributed by atoms with Crippen LogP contribution in [-0.4, -0.2) is 34.8 Å². The van der Waals surface area contributed by atoms with Gasteiger partial charge in [-0.25, -0.2) is 0 Å². The standard InChI is InChI=1S/C10H19ClN4/c1-4-8-10(11)9(15(3)13-8)7-14(2)6-5-12/h4-7,12H2,1-3H3. The molecule has 0 aromatic carbocycles. The smallest absolute Gasteiger partial charge is 0.0863 e. The molecule has 1 aromatic heterocycles. The van der Waals surface area contributed by atoms with Gasteiger partial charge < -0.3 is 5.73 Å². The molecule has 1 heterocycles. The lowest BCUT2D eigenvalue weighted by Crippen LogP contribution is -2.26. The van der Waals surface area contributed by atoms with E-state index in [-0.39, 0.29) is 0 Å². The highest BCUT2D eigenvalue weighted by molar-refractivity contribution is 6.31. The summed E-state index contributed by atoms with van der Waals surface area (Å²) in [7, 11) is 3.96. The number of rotatable bonds is 5. The maximum absolute atomic E-state index is 6.23. The summed E-state index contributed by atoms with van der Waals surface area (Å²) in [5, 5.41) is 5.16. The van der Waals surface area contributed by atoms with Crippen molar-refractivity contribution in [3.05, 3.63) is 16.4 Å². The summed E-state index contributed by atoms with van der Waals surface area (Å²) in [5.41, 5.74) is 7.52. The Morgan fingerprint density at radius 2 is 2.20 bits per heavy atom. The first-order chi connectivity index (χ1) is 7.10. The third-order valence-electron chi connectivity index (χ3n) is 2.43. The minimum absolute atomic E-state index is 0.659. The van der Waals surface area contributed by atoms with E-state index in [0.717, 1.165) is 35.9 Å². The van der Waals surface area contributed by atoms with Crippen LogP contribution in [0.1, 0.15) is 18.3 Å². The predicted octanol–water partition coefficient (Wildman–Crippen LogP) is 1.03. The Labute approximate surface area is 96.0 Å². The number of hydrogen-bond donors (Lipinski definition) is 1. The monoisotopic (exact) mass is 230 g/mol. The molecule has 0 saturated heterocycles. The fourth-order valence-corrected chi connectivity index (χ4v) is 1.90. The lowest BCUT2D eigenvalue weighted by molar-refractivity contribution is 0.326. The van der Waals surface area contributed by atoms with E-state index in [1.807, 2.05) is 18.8 Å². The summed E-state index contributed by atoms with van der Waals surface area (Å²) in [6, 6.07) is 0. The van der Waals surface area contributed by atoms with Crippen molar-refractivity contribution >= 4 is 11.6 Å². The molecule has 0 aliphatic rings. The zero-order chi connectivity index (χ0) is 11.4. The van der Waals surface area contributed by atoms with Crippen molar-refractivity contribution in [3.63, 3.8) is 0 Å². The minimum Gasteiger partial charge on any atom is -0.329 e. The summed E-state index contributed by atoms with van der Waals surface area (Å²) >= 11 is 6.23. The number of nitrogens with zero attached hydrogens (tertiary/aromatic N) is 3. The molecule has 0 spiro atoms. The van der Waals surface area contributed by atoms with Gasteiger partial charge in [0.15, 0.2) is 0 Å². The molecule has 0 amide bonds. The van der Waals surface area contributed by atoms with Crippen molar-refractivity contribution in [2.75, 3.05) is 20.1 Å². The van der Waals surface area contributed by atoms with E-state index in [0.29, 0.717) is 6.54 Å². The molecule has 0 aliphatic carbocycles. The lowest BCUT2D eigenvalue weighted by Gasteiger charge is -2.15. The number of nitrogens with two attached hydrogens (primary N) is 1. The maximum Gasteiger partial charge on any atom is 0.0863 e. The van der Waals surface area contributed by atoms with Crippen LogP contribution >= 0.6 is 11.6 Å². The van der Waals surface area contributed by atoms with Gasteiger partial charge in [-0.3, -0.25) is 9.58 Å². The van der Waals surface area contributed by atoms with Gasteiger partial charge in [0, 0.05) is 26.7 Å². The van der Waals surface area contributed by atoms with Crippen molar-refractivity contribution in [3.8, 4) is 0 Å². The molecule has 5 heteroatoms. The van der Waals surface area contributed by atoms with Gasteiger partial charge in [0.05, 0.1) is 16.4 Å². The number of halogens is 1. The van der Waals surface area contributed by atoms with Crippen LogP contribution in [0.15, 0.2) is 0 Å². The molecule has 0 bridgehead atoms. The first-order valence-electron chi connectivity index (χ1n) is 5.19. The summed E-state index contributed by atoms with van der Waals surface area (Å²) < 4.78 is 1.86. The number of aromatic nitrogens is 2. The van der Waals surface area contributed by atoms with Crippen LogP contribution in [0, 0.1) is 0 Å². The molecule has 1 rings (SSSR count). The average molecular weight is 231 g/mol. The maximum atomic E-state index is 6.23. The molecular formula is C10H19ClN4. The molecule has 4 nitrogen and oxygen atoms in total. The van der Waals surface area contributed by atoms with Gasteiger partial charge in [0.2, 0.25) is 0 Å². The average Bonchev–Trinajstić information content (AvgIpc) is 2.45. The highest BCUT2D eigenvalue weighted by Gasteiger charge is 2.13. The molecule has 15 heavy (non-hydrogen) atoms. The zero-order valence-corrected chi connectivity index (χ0v) is 10.4.